The smallest absolute Gasteiger partial charge is 0.360 e. The summed E-state index contributed by atoms with van der Waals surface area (Å²) in [6, 6.07) is 0.203. The molecule has 1 aromatic heterocycles. The van der Waals surface area contributed by atoms with Crippen LogP contribution in [-0.4, -0.2) is 34.3 Å². The molecule has 2 rings (SSSR count). The van der Waals surface area contributed by atoms with Crippen LogP contribution >= 0.6 is 0 Å². The Bertz CT molecular complexity index is 508. The first-order valence-electron chi connectivity index (χ1n) is 7.01. The van der Waals surface area contributed by atoms with Gasteiger partial charge in [0.2, 0.25) is 0 Å². The van der Waals surface area contributed by atoms with E-state index in [0.29, 0.717) is 19.0 Å². The van der Waals surface area contributed by atoms with Crippen molar-refractivity contribution in [1.82, 2.24) is 9.55 Å². The van der Waals surface area contributed by atoms with Gasteiger partial charge in [0.05, 0.1) is 12.2 Å². The van der Waals surface area contributed by atoms with E-state index in [0.717, 1.165) is 18.7 Å². The Hall–Kier alpha value is -1.56. The standard InChI is InChI=1S/C14H23N3O3/c1-5-19-13(18)11-12(15)17(9(2)16-11)10-6-7-20-14(3,4)8-10/h10H,5-8,15H2,1-4H3. The predicted octanol–water partition coefficient (Wildman–Crippen LogP) is 2.08. The fourth-order valence-corrected chi connectivity index (χ4v) is 2.79. The third-order valence-corrected chi connectivity index (χ3v) is 3.63. The highest BCUT2D eigenvalue weighted by Gasteiger charge is 2.33. The molecule has 0 aliphatic carbocycles. The highest BCUT2D eigenvalue weighted by Crippen LogP contribution is 2.35. The van der Waals surface area contributed by atoms with Crippen LogP contribution in [0.25, 0.3) is 0 Å². The summed E-state index contributed by atoms with van der Waals surface area (Å²) >= 11 is 0. The molecule has 1 aliphatic heterocycles. The molecule has 1 atom stereocenters. The number of esters is 1. The molecule has 0 aromatic carbocycles. The van der Waals surface area contributed by atoms with Gasteiger partial charge < -0.3 is 19.8 Å². The molecule has 112 valence electrons. The first kappa shape index (κ1) is 14.8. The molecule has 20 heavy (non-hydrogen) atoms. The topological polar surface area (TPSA) is 79.4 Å². The minimum atomic E-state index is -0.460. The number of anilines is 1. The van der Waals surface area contributed by atoms with E-state index in [1.54, 1.807) is 6.92 Å². The van der Waals surface area contributed by atoms with E-state index < -0.39 is 5.97 Å². The fraction of sp³-hybridized carbons (Fsp3) is 0.714. The molecule has 0 radical (unpaired) electrons. The number of nitrogens with zero attached hydrogens (tertiary/aromatic N) is 2. The minimum Gasteiger partial charge on any atom is -0.461 e. The predicted molar refractivity (Wildman–Crippen MR) is 75.6 cm³/mol. The van der Waals surface area contributed by atoms with E-state index in [9.17, 15) is 4.79 Å². The number of carbonyl (C=O) groups is 1. The molecule has 6 heteroatoms. The molecule has 1 saturated heterocycles. The minimum absolute atomic E-state index is 0.184. The summed E-state index contributed by atoms with van der Waals surface area (Å²) < 4.78 is 12.7. The van der Waals surface area contributed by atoms with Crippen molar-refractivity contribution < 1.29 is 14.3 Å². The second kappa shape index (κ2) is 5.44. The van der Waals surface area contributed by atoms with E-state index in [1.807, 2.05) is 11.5 Å². The van der Waals surface area contributed by atoms with E-state index in [-0.39, 0.29) is 17.3 Å². The van der Waals surface area contributed by atoms with Gasteiger partial charge in [-0.3, -0.25) is 0 Å². The van der Waals surface area contributed by atoms with E-state index in [2.05, 4.69) is 18.8 Å². The molecule has 1 fully saturated rings. The van der Waals surface area contributed by atoms with Crippen LogP contribution < -0.4 is 5.73 Å². The molecule has 6 nitrogen and oxygen atoms in total. The van der Waals surface area contributed by atoms with Gasteiger partial charge in [-0.2, -0.15) is 0 Å². The van der Waals surface area contributed by atoms with Crippen LogP contribution in [0.4, 0.5) is 5.82 Å². The maximum atomic E-state index is 11.8. The van der Waals surface area contributed by atoms with Crippen LogP contribution in [-0.2, 0) is 9.47 Å². The first-order valence-corrected chi connectivity index (χ1v) is 7.01. The normalized spacial score (nSPS) is 21.7. The maximum Gasteiger partial charge on any atom is 0.360 e. The highest BCUT2D eigenvalue weighted by atomic mass is 16.5. The Morgan fingerprint density at radius 3 is 2.90 bits per heavy atom. The third kappa shape index (κ3) is 2.80. The van der Waals surface area contributed by atoms with Crippen LogP contribution in [0.15, 0.2) is 0 Å². The number of hydrogen-bond donors (Lipinski definition) is 1. The molecule has 1 aromatic rings. The maximum absolute atomic E-state index is 11.8. The second-order valence-electron chi connectivity index (χ2n) is 5.74. The van der Waals surface area contributed by atoms with Crippen LogP contribution in [0.1, 0.15) is 56.0 Å². The van der Waals surface area contributed by atoms with Gasteiger partial charge in [0.15, 0.2) is 5.69 Å². The molecule has 0 saturated carbocycles. The van der Waals surface area contributed by atoms with Gasteiger partial charge in [-0.25, -0.2) is 9.78 Å². The average Bonchev–Trinajstić information content (AvgIpc) is 2.64. The lowest BCUT2D eigenvalue weighted by atomic mass is 9.93. The summed E-state index contributed by atoms with van der Waals surface area (Å²) in [5, 5.41) is 0. The molecule has 2 heterocycles. The third-order valence-electron chi connectivity index (χ3n) is 3.63. The molecule has 1 aliphatic rings. The van der Waals surface area contributed by atoms with Crippen molar-refractivity contribution in [3.05, 3.63) is 11.5 Å². The van der Waals surface area contributed by atoms with Crippen LogP contribution in [0.3, 0.4) is 0 Å². The van der Waals surface area contributed by atoms with Crippen molar-refractivity contribution in [2.24, 2.45) is 0 Å². The number of ether oxygens (including phenoxy) is 2. The summed E-state index contributed by atoms with van der Waals surface area (Å²) in [6.07, 6.45) is 1.71. The zero-order valence-electron chi connectivity index (χ0n) is 12.6. The Kier molecular flexibility index (Phi) is 4.04. The monoisotopic (exact) mass is 281 g/mol. The number of aryl methyl sites for hydroxylation is 1. The molecular formula is C14H23N3O3. The van der Waals surface area contributed by atoms with Gasteiger partial charge in [0, 0.05) is 12.6 Å². The summed E-state index contributed by atoms with van der Waals surface area (Å²) in [6.45, 7) is 8.75. The Morgan fingerprint density at radius 2 is 2.30 bits per heavy atom. The Labute approximate surface area is 119 Å². The number of imidazole rings is 1. The SMILES string of the molecule is CCOC(=O)c1nc(C)n(C2CCOC(C)(C)C2)c1N. The van der Waals surface area contributed by atoms with Crippen LogP contribution in [0.5, 0.6) is 0 Å². The molecule has 2 N–H and O–H groups in total. The summed E-state index contributed by atoms with van der Waals surface area (Å²) in [5.74, 6) is 0.676. The van der Waals surface area contributed by atoms with Crippen molar-refractivity contribution in [3.63, 3.8) is 0 Å². The Balaban J connectivity index is 2.30. The van der Waals surface area contributed by atoms with E-state index in [1.165, 1.54) is 0 Å². The average molecular weight is 281 g/mol. The molecule has 1 unspecified atom stereocenters. The van der Waals surface area contributed by atoms with Gasteiger partial charge in [-0.05, 0) is 40.5 Å². The number of carbonyl (C=O) groups excluding carboxylic acids is 1. The zero-order valence-corrected chi connectivity index (χ0v) is 12.6. The largest absolute Gasteiger partial charge is 0.461 e. The lowest BCUT2D eigenvalue weighted by Crippen LogP contribution is -2.35. The Morgan fingerprint density at radius 1 is 1.60 bits per heavy atom. The number of nitrogens with two attached hydrogens (primary N) is 1. The summed E-state index contributed by atoms with van der Waals surface area (Å²) in [5.41, 5.74) is 6.15. The quantitative estimate of drug-likeness (QED) is 0.858. The molecule has 0 amide bonds. The number of hydrogen-bond acceptors (Lipinski definition) is 5. The summed E-state index contributed by atoms with van der Waals surface area (Å²) in [4.78, 5) is 16.1. The van der Waals surface area contributed by atoms with Gasteiger partial charge >= 0.3 is 5.97 Å². The number of nitrogen functional groups attached to an aromatic ring is 1. The molecule has 0 bridgehead atoms. The van der Waals surface area contributed by atoms with Gasteiger partial charge in [-0.1, -0.05) is 0 Å². The van der Waals surface area contributed by atoms with Crippen molar-refractivity contribution in [1.29, 1.82) is 0 Å². The van der Waals surface area contributed by atoms with Gasteiger partial charge in [-0.15, -0.1) is 0 Å². The van der Waals surface area contributed by atoms with E-state index >= 15 is 0 Å². The van der Waals surface area contributed by atoms with Gasteiger partial charge in [0.1, 0.15) is 11.6 Å². The fourth-order valence-electron chi connectivity index (χ4n) is 2.79. The summed E-state index contributed by atoms with van der Waals surface area (Å²) in [7, 11) is 0. The van der Waals surface area contributed by atoms with Crippen molar-refractivity contribution in [3.8, 4) is 0 Å². The van der Waals surface area contributed by atoms with Gasteiger partial charge in [0.25, 0.3) is 0 Å². The van der Waals surface area contributed by atoms with Crippen LogP contribution in [0.2, 0.25) is 0 Å². The highest BCUT2D eigenvalue weighted by molar-refractivity contribution is 5.92. The lowest BCUT2D eigenvalue weighted by molar-refractivity contribution is -0.0690. The van der Waals surface area contributed by atoms with E-state index in [4.69, 9.17) is 15.2 Å². The first-order chi connectivity index (χ1) is 9.35. The second-order valence-corrected chi connectivity index (χ2v) is 5.74. The number of rotatable bonds is 3. The zero-order chi connectivity index (χ0) is 14.9. The molecule has 0 spiro atoms. The van der Waals surface area contributed by atoms with Crippen molar-refractivity contribution >= 4 is 11.8 Å². The van der Waals surface area contributed by atoms with Crippen molar-refractivity contribution in [2.75, 3.05) is 18.9 Å². The number of aromatic nitrogens is 2. The van der Waals surface area contributed by atoms with Crippen molar-refractivity contribution in [2.45, 2.75) is 52.2 Å². The lowest BCUT2D eigenvalue weighted by Gasteiger charge is -2.36. The van der Waals surface area contributed by atoms with Crippen LogP contribution in [0, 0.1) is 6.92 Å². The molecular weight excluding hydrogens is 258 g/mol.